The maximum atomic E-state index is 12.1. The average Bonchev–Trinajstić information content (AvgIpc) is 3.17. The van der Waals surface area contributed by atoms with E-state index in [-0.39, 0.29) is 12.3 Å². The van der Waals surface area contributed by atoms with Crippen molar-refractivity contribution in [3.8, 4) is 0 Å². The quantitative estimate of drug-likeness (QED) is 0.242. The van der Waals surface area contributed by atoms with Gasteiger partial charge in [-0.1, -0.05) is 0 Å². The van der Waals surface area contributed by atoms with E-state index in [9.17, 15) is 20.1 Å². The van der Waals surface area contributed by atoms with Crippen LogP contribution in [-0.2, 0) is 9.53 Å². The van der Waals surface area contributed by atoms with Crippen LogP contribution in [0.15, 0.2) is 12.7 Å². The summed E-state index contributed by atoms with van der Waals surface area (Å²) in [7, 11) is 0. The Morgan fingerprint density at radius 1 is 1.25 bits per heavy atom. The third-order valence-corrected chi connectivity index (χ3v) is 4.62. The summed E-state index contributed by atoms with van der Waals surface area (Å²) >= 11 is 0. The highest BCUT2D eigenvalue weighted by Gasteiger charge is 2.45. The minimum Gasteiger partial charge on any atom is -0.394 e. The van der Waals surface area contributed by atoms with Gasteiger partial charge in [-0.2, -0.15) is 0 Å². The second-order valence-electron chi connectivity index (χ2n) is 6.57. The molecule has 12 nitrogen and oxygen atoms in total. The zero-order valence-corrected chi connectivity index (χ0v) is 15.2. The topological polar surface area (TPSA) is 192 Å². The van der Waals surface area contributed by atoms with Crippen molar-refractivity contribution in [2.45, 2.75) is 49.8 Å². The highest BCUT2D eigenvalue weighted by atomic mass is 16.5. The Balaban J connectivity index is 1.68. The maximum absolute atomic E-state index is 12.1. The standard InChI is InChI=1S/C16H25N7O5/c17-4-2-1-3-9(25)22-10-8(5-24)28-16(13(27)12(10)26)23-15-11-14(19-6-18-11)20-7-21-15/h6-8,10,12-13,16,24,26-27H,1-5,17H2,(H,22,25)(H2,18,19,20,21,23)/t8-,10-,12+,13-,16-/m0/s1. The van der Waals surface area contributed by atoms with Crippen LogP contribution >= 0.6 is 0 Å². The van der Waals surface area contributed by atoms with Crippen LogP contribution in [0, 0.1) is 0 Å². The Morgan fingerprint density at radius 2 is 2.07 bits per heavy atom. The van der Waals surface area contributed by atoms with E-state index >= 15 is 0 Å². The van der Waals surface area contributed by atoms with Crippen molar-refractivity contribution in [1.82, 2.24) is 25.3 Å². The van der Waals surface area contributed by atoms with E-state index in [4.69, 9.17) is 10.5 Å². The number of nitrogens with zero attached hydrogens (tertiary/aromatic N) is 3. The Bertz CT molecular complexity index is 786. The summed E-state index contributed by atoms with van der Waals surface area (Å²) in [5, 5.41) is 36.2. The number of aromatic nitrogens is 4. The molecule has 0 unspecified atom stereocenters. The zero-order valence-electron chi connectivity index (χ0n) is 15.2. The highest BCUT2D eigenvalue weighted by Crippen LogP contribution is 2.24. The van der Waals surface area contributed by atoms with Crippen molar-refractivity contribution in [1.29, 1.82) is 0 Å². The van der Waals surface area contributed by atoms with Crippen molar-refractivity contribution in [2.24, 2.45) is 5.73 Å². The number of anilines is 1. The molecule has 8 N–H and O–H groups in total. The Hall–Kier alpha value is -2.38. The van der Waals surface area contributed by atoms with Gasteiger partial charge in [0, 0.05) is 6.42 Å². The number of imidazole rings is 1. The van der Waals surface area contributed by atoms with Crippen molar-refractivity contribution in [3.63, 3.8) is 0 Å². The molecule has 0 aliphatic carbocycles. The summed E-state index contributed by atoms with van der Waals surface area (Å²) in [6, 6.07) is -0.957. The number of aromatic amines is 1. The lowest BCUT2D eigenvalue weighted by Gasteiger charge is -2.42. The summed E-state index contributed by atoms with van der Waals surface area (Å²) in [6.45, 7) is 0.0271. The molecule has 2 aromatic rings. The SMILES string of the molecule is NCCCCC(=O)N[C@@H]1[C@@H](O)[C@H](O)[C@@H](Nc2ncnc3nc[nH]c23)O[C@H]1CO. The van der Waals surface area contributed by atoms with E-state index in [1.165, 1.54) is 12.7 Å². The number of unbranched alkanes of at least 4 members (excludes halogenated alkanes) is 1. The van der Waals surface area contributed by atoms with Crippen LogP contribution < -0.4 is 16.4 Å². The lowest BCUT2D eigenvalue weighted by molar-refractivity contribution is -0.185. The van der Waals surface area contributed by atoms with Crippen LogP contribution in [-0.4, -0.2) is 84.9 Å². The van der Waals surface area contributed by atoms with Crippen molar-refractivity contribution >= 4 is 22.9 Å². The molecule has 1 aliphatic heterocycles. The van der Waals surface area contributed by atoms with Crippen LogP contribution in [0.1, 0.15) is 19.3 Å². The largest absolute Gasteiger partial charge is 0.394 e. The molecule has 12 heteroatoms. The minimum absolute atomic E-state index is 0.231. The Kier molecular flexibility index (Phi) is 6.70. The molecule has 3 heterocycles. The summed E-state index contributed by atoms with van der Waals surface area (Å²) in [5.41, 5.74) is 6.33. The molecule has 2 aromatic heterocycles. The molecular weight excluding hydrogens is 370 g/mol. The van der Waals surface area contributed by atoms with E-state index in [1.54, 1.807) is 0 Å². The molecule has 154 valence electrons. The maximum Gasteiger partial charge on any atom is 0.220 e. The van der Waals surface area contributed by atoms with E-state index < -0.39 is 37.2 Å². The van der Waals surface area contributed by atoms with Crippen LogP contribution in [0.4, 0.5) is 5.82 Å². The molecule has 5 atom stereocenters. The number of fused-ring (bicyclic) bond motifs is 1. The number of rotatable bonds is 8. The molecule has 0 bridgehead atoms. The number of aliphatic hydroxyl groups excluding tert-OH is 3. The van der Waals surface area contributed by atoms with E-state index in [1.807, 2.05) is 0 Å². The van der Waals surface area contributed by atoms with Gasteiger partial charge in [0.15, 0.2) is 17.7 Å². The van der Waals surface area contributed by atoms with Crippen LogP contribution in [0.5, 0.6) is 0 Å². The normalized spacial score (nSPS) is 27.6. The van der Waals surface area contributed by atoms with Gasteiger partial charge in [-0.15, -0.1) is 0 Å². The van der Waals surface area contributed by atoms with Crippen molar-refractivity contribution in [3.05, 3.63) is 12.7 Å². The van der Waals surface area contributed by atoms with Gasteiger partial charge in [0.05, 0.1) is 19.0 Å². The monoisotopic (exact) mass is 395 g/mol. The molecule has 1 saturated heterocycles. The number of nitrogens with one attached hydrogen (secondary N) is 3. The molecule has 0 spiro atoms. The second-order valence-corrected chi connectivity index (χ2v) is 6.57. The minimum atomic E-state index is -1.38. The van der Waals surface area contributed by atoms with Gasteiger partial charge in [-0.3, -0.25) is 4.79 Å². The smallest absolute Gasteiger partial charge is 0.220 e. The lowest BCUT2D eigenvalue weighted by atomic mass is 9.95. The predicted molar refractivity (Wildman–Crippen MR) is 97.9 cm³/mol. The molecule has 28 heavy (non-hydrogen) atoms. The first-order valence-electron chi connectivity index (χ1n) is 9.07. The Labute approximate surface area is 160 Å². The van der Waals surface area contributed by atoms with E-state index in [0.717, 1.165) is 0 Å². The fourth-order valence-corrected chi connectivity index (χ4v) is 3.12. The third-order valence-electron chi connectivity index (χ3n) is 4.62. The molecular formula is C16H25N7O5. The summed E-state index contributed by atoms with van der Waals surface area (Å²) in [4.78, 5) is 27.0. The van der Waals surface area contributed by atoms with Crippen LogP contribution in [0.25, 0.3) is 11.2 Å². The summed E-state index contributed by atoms with van der Waals surface area (Å²) in [5.74, 6) is 0.00726. The van der Waals surface area contributed by atoms with Gasteiger partial charge < -0.3 is 41.4 Å². The number of hydrogen-bond donors (Lipinski definition) is 7. The number of aliphatic hydroxyl groups is 3. The fraction of sp³-hybridized carbons (Fsp3) is 0.625. The second kappa shape index (κ2) is 9.21. The number of ether oxygens (including phenoxy) is 1. The fourth-order valence-electron chi connectivity index (χ4n) is 3.12. The number of amides is 1. The summed E-state index contributed by atoms with van der Waals surface area (Å²) in [6.07, 6.45) is -0.449. The number of H-pyrrole nitrogens is 1. The molecule has 0 radical (unpaired) electrons. The first kappa shape index (κ1) is 20.4. The van der Waals surface area contributed by atoms with Gasteiger partial charge in [0.1, 0.15) is 30.2 Å². The number of nitrogens with two attached hydrogens (primary N) is 1. The number of hydrogen-bond acceptors (Lipinski definition) is 10. The van der Waals surface area contributed by atoms with Gasteiger partial charge in [0.2, 0.25) is 5.91 Å². The third kappa shape index (κ3) is 4.36. The van der Waals surface area contributed by atoms with Crippen LogP contribution in [0.3, 0.4) is 0 Å². The first-order valence-corrected chi connectivity index (χ1v) is 9.07. The van der Waals surface area contributed by atoms with Crippen molar-refractivity contribution in [2.75, 3.05) is 18.5 Å². The molecule has 1 aliphatic rings. The average molecular weight is 395 g/mol. The van der Waals surface area contributed by atoms with Crippen molar-refractivity contribution < 1.29 is 24.9 Å². The van der Waals surface area contributed by atoms with Gasteiger partial charge in [-0.05, 0) is 19.4 Å². The number of carbonyl (C=O) groups excluding carboxylic acids is 1. The van der Waals surface area contributed by atoms with Crippen LogP contribution in [0.2, 0.25) is 0 Å². The summed E-state index contributed by atoms with van der Waals surface area (Å²) < 4.78 is 5.69. The van der Waals surface area contributed by atoms with E-state index in [0.29, 0.717) is 36.4 Å². The van der Waals surface area contributed by atoms with E-state index in [2.05, 4.69) is 30.6 Å². The van der Waals surface area contributed by atoms with Gasteiger partial charge >= 0.3 is 0 Å². The highest BCUT2D eigenvalue weighted by molar-refractivity contribution is 5.82. The predicted octanol–water partition coefficient (Wildman–Crippen LogP) is -2.18. The molecule has 1 amide bonds. The van der Waals surface area contributed by atoms with Gasteiger partial charge in [-0.25, -0.2) is 15.0 Å². The lowest BCUT2D eigenvalue weighted by Crippen LogP contribution is -2.65. The van der Waals surface area contributed by atoms with Gasteiger partial charge in [0.25, 0.3) is 0 Å². The molecule has 0 aromatic carbocycles. The zero-order chi connectivity index (χ0) is 20.1. The molecule has 0 saturated carbocycles. The number of carbonyl (C=O) groups is 1. The Morgan fingerprint density at radius 3 is 2.82 bits per heavy atom. The molecule has 1 fully saturated rings. The molecule has 3 rings (SSSR count). The first-order chi connectivity index (χ1) is 13.5.